The number of allylic oxidation sites excluding steroid dienone is 8. The van der Waals surface area contributed by atoms with Gasteiger partial charge in [-0.2, -0.15) is 39.3 Å². The molecule has 0 bridgehead atoms. The summed E-state index contributed by atoms with van der Waals surface area (Å²) in [5, 5.41) is 0. The third-order valence-corrected chi connectivity index (χ3v) is 1.53. The van der Waals surface area contributed by atoms with E-state index in [1.807, 2.05) is 24.3 Å². The van der Waals surface area contributed by atoms with Gasteiger partial charge in [0, 0.05) is 0 Å². The summed E-state index contributed by atoms with van der Waals surface area (Å²) in [7, 11) is 0. The van der Waals surface area contributed by atoms with Crippen LogP contribution in [-0.2, 0) is 52.4 Å². The molecule has 2 aliphatic carbocycles. The van der Waals surface area contributed by atoms with Crippen molar-refractivity contribution in [3.63, 3.8) is 0 Å². The summed E-state index contributed by atoms with van der Waals surface area (Å²) in [6, 6.07) is 0. The van der Waals surface area contributed by atoms with Crippen molar-refractivity contribution in [2.45, 2.75) is 53.4 Å². The van der Waals surface area contributed by atoms with Crippen molar-refractivity contribution < 1.29 is 52.4 Å². The van der Waals surface area contributed by atoms with Crippen LogP contribution in [0.4, 0.5) is 0 Å². The maximum absolute atomic E-state index is 3.60. The summed E-state index contributed by atoms with van der Waals surface area (Å²) in [4.78, 5) is 0. The summed E-state index contributed by atoms with van der Waals surface area (Å²) in [6.45, 7) is 12.0. The molecule has 0 amide bonds. The molecule has 156 valence electrons. The fourth-order valence-electron chi connectivity index (χ4n) is 0.680. The Labute approximate surface area is 239 Å². The summed E-state index contributed by atoms with van der Waals surface area (Å²) in [6.07, 6.45) is 22.3. The van der Waals surface area contributed by atoms with Gasteiger partial charge < -0.3 is 12.8 Å². The van der Waals surface area contributed by atoms with E-state index in [1.54, 1.807) is 0 Å². The average Bonchev–Trinajstić information content (AvgIpc) is 3.05. The standard InChI is InChI=1S/2C5H5.2C4H9.6ClH.2Zr/c2*1-2-4-5-3-1;1-4(2)3;1-3-4-2;;;;;;;;/h2*1-3H,4H2;1-3H3;1,3-4H2,2H3;6*1H;;/q4*-1;;;;;;;2*+2. The molecule has 0 saturated carbocycles. The second-order valence-electron chi connectivity index (χ2n) is 4.36. The molecule has 0 N–H and O–H groups in total. The van der Waals surface area contributed by atoms with Crippen LogP contribution in [0.1, 0.15) is 53.4 Å². The first kappa shape index (κ1) is 63.0. The number of hydrogen-bond acceptors (Lipinski definition) is 0. The Morgan fingerprint density at radius 2 is 1.00 bits per heavy atom. The second-order valence-corrected chi connectivity index (χ2v) is 4.36. The van der Waals surface area contributed by atoms with Gasteiger partial charge in [-0.05, 0) is 0 Å². The molecule has 0 saturated heterocycles. The molecule has 0 fully saturated rings. The minimum absolute atomic E-state index is 0. The molecule has 0 aromatic rings. The molecule has 0 atom stereocenters. The van der Waals surface area contributed by atoms with Crippen LogP contribution in [0, 0.1) is 25.0 Å². The summed E-state index contributed by atoms with van der Waals surface area (Å²) >= 11 is 0. The maximum Gasteiger partial charge on any atom is 2.00 e. The molecule has 0 aromatic heterocycles. The molecule has 0 aliphatic heterocycles. The molecule has 26 heavy (non-hydrogen) atoms. The van der Waals surface area contributed by atoms with Crippen molar-refractivity contribution in [2.24, 2.45) is 0 Å². The van der Waals surface area contributed by atoms with Crippen molar-refractivity contribution in [1.29, 1.82) is 0 Å². The molecule has 0 nitrogen and oxygen atoms in total. The first-order chi connectivity index (χ1) is 8.65. The van der Waals surface area contributed by atoms with Crippen molar-refractivity contribution in [2.75, 3.05) is 0 Å². The monoisotopic (exact) mass is 640 g/mol. The first-order valence-corrected chi connectivity index (χ1v) is 6.64. The van der Waals surface area contributed by atoms with E-state index in [4.69, 9.17) is 0 Å². The Balaban J connectivity index is -0.0000000150. The van der Waals surface area contributed by atoms with Gasteiger partial charge in [0.05, 0.1) is 0 Å². The smallest absolute Gasteiger partial charge is 0.343 e. The van der Waals surface area contributed by atoms with Gasteiger partial charge in [0.2, 0.25) is 0 Å². The normalized spacial score (nSPS) is 9.31. The van der Waals surface area contributed by atoms with Crippen LogP contribution in [-0.4, -0.2) is 0 Å². The molecule has 0 heterocycles. The van der Waals surface area contributed by atoms with Gasteiger partial charge in [-0.25, -0.2) is 24.3 Å². The molecule has 0 aromatic carbocycles. The van der Waals surface area contributed by atoms with E-state index < -0.39 is 0 Å². The zero-order valence-electron chi connectivity index (χ0n) is 15.9. The SMILES string of the molecule is C[C-](C)C.Cl.Cl.Cl.Cl.Cl.Cl.[C-]1=CC=CC1.[C-]1=CC=CC1.[CH2-]CCC.[Zr+2].[Zr+2]. The van der Waals surface area contributed by atoms with E-state index in [0.717, 1.165) is 19.3 Å². The summed E-state index contributed by atoms with van der Waals surface area (Å²) in [5.41, 5.74) is 0. The summed E-state index contributed by atoms with van der Waals surface area (Å²) < 4.78 is 0. The number of halogens is 6. The maximum atomic E-state index is 3.60. The van der Waals surface area contributed by atoms with Gasteiger partial charge >= 0.3 is 52.4 Å². The fraction of sp³-hybridized carbons (Fsp3) is 0.444. The predicted molar refractivity (Wildman–Crippen MR) is 127 cm³/mol. The van der Waals surface area contributed by atoms with Crippen molar-refractivity contribution in [3.8, 4) is 0 Å². The van der Waals surface area contributed by atoms with Crippen LogP contribution in [0.5, 0.6) is 0 Å². The van der Waals surface area contributed by atoms with Crippen molar-refractivity contribution in [3.05, 3.63) is 61.4 Å². The third-order valence-electron chi connectivity index (χ3n) is 1.53. The van der Waals surface area contributed by atoms with E-state index in [2.05, 4.69) is 58.9 Å². The molecule has 0 spiro atoms. The quantitative estimate of drug-likeness (QED) is 0.252. The summed E-state index contributed by atoms with van der Waals surface area (Å²) in [5.74, 6) is 1.42. The Bertz CT molecular complexity index is 222. The minimum Gasteiger partial charge on any atom is -0.343 e. The van der Waals surface area contributed by atoms with Crippen LogP contribution >= 0.6 is 74.4 Å². The molecular formula is C18H34Cl6Zr2. The number of hydrogen-bond donors (Lipinski definition) is 0. The Morgan fingerprint density at radius 1 is 0.769 bits per heavy atom. The Hall–Kier alpha value is 2.47. The fourth-order valence-corrected chi connectivity index (χ4v) is 0.680. The third kappa shape index (κ3) is 94.7. The largest absolute Gasteiger partial charge is 2.00 e. The molecule has 2 rings (SSSR count). The van der Waals surface area contributed by atoms with E-state index in [1.165, 1.54) is 12.3 Å². The van der Waals surface area contributed by atoms with Crippen LogP contribution in [0.15, 0.2) is 36.5 Å². The zero-order chi connectivity index (χ0) is 14.1. The van der Waals surface area contributed by atoms with E-state index in [0.29, 0.717) is 0 Å². The second kappa shape index (κ2) is 63.1. The zero-order valence-corrected chi connectivity index (χ0v) is 25.8. The topological polar surface area (TPSA) is 0 Å². The molecule has 0 radical (unpaired) electrons. The molecule has 8 heteroatoms. The average molecular weight is 646 g/mol. The van der Waals surface area contributed by atoms with Crippen LogP contribution in [0.3, 0.4) is 0 Å². The van der Waals surface area contributed by atoms with Crippen molar-refractivity contribution >= 4 is 74.4 Å². The van der Waals surface area contributed by atoms with Crippen LogP contribution in [0.25, 0.3) is 0 Å². The number of unbranched alkanes of at least 4 members (excludes halogenated alkanes) is 1. The van der Waals surface area contributed by atoms with Gasteiger partial charge in [0.1, 0.15) is 0 Å². The van der Waals surface area contributed by atoms with Gasteiger partial charge in [-0.15, -0.1) is 87.3 Å². The van der Waals surface area contributed by atoms with Gasteiger partial charge in [0.15, 0.2) is 0 Å². The first-order valence-electron chi connectivity index (χ1n) is 6.64. The van der Waals surface area contributed by atoms with E-state index in [9.17, 15) is 0 Å². The molecular weight excluding hydrogens is 611 g/mol. The van der Waals surface area contributed by atoms with Crippen LogP contribution in [0.2, 0.25) is 0 Å². The van der Waals surface area contributed by atoms with Gasteiger partial charge in [-0.1, -0.05) is 13.3 Å². The Kier molecular flexibility index (Phi) is 153. The number of rotatable bonds is 1. The van der Waals surface area contributed by atoms with Gasteiger partial charge in [0.25, 0.3) is 0 Å². The minimum atomic E-state index is 0. The van der Waals surface area contributed by atoms with E-state index >= 15 is 0 Å². The molecule has 2 aliphatic rings. The van der Waals surface area contributed by atoms with Crippen LogP contribution < -0.4 is 0 Å². The molecule has 0 unspecified atom stereocenters. The van der Waals surface area contributed by atoms with Crippen molar-refractivity contribution in [1.82, 2.24) is 0 Å². The Morgan fingerprint density at radius 3 is 1.04 bits per heavy atom. The van der Waals surface area contributed by atoms with E-state index in [-0.39, 0.29) is 127 Å². The van der Waals surface area contributed by atoms with Gasteiger partial charge in [-0.3, -0.25) is 12.2 Å². The predicted octanol–water partition coefficient (Wildman–Crippen LogP) is 8.38.